The van der Waals surface area contributed by atoms with Crippen molar-refractivity contribution in [2.24, 2.45) is 7.05 Å². The molecule has 1 heterocycles. The topological polar surface area (TPSA) is 25.2 Å². The van der Waals surface area contributed by atoms with E-state index in [9.17, 15) is 4.39 Å². The summed E-state index contributed by atoms with van der Waals surface area (Å²) in [5.74, 6) is -0.403. The smallest absolute Gasteiger partial charge is 0.127 e. The number of aromatic nitrogens is 1. The summed E-state index contributed by atoms with van der Waals surface area (Å²) in [6.45, 7) is 3.78. The molecule has 1 aromatic heterocycles. The summed E-state index contributed by atoms with van der Waals surface area (Å²) in [5, 5.41) is 9.99. The second-order valence-corrected chi connectivity index (χ2v) is 4.36. The van der Waals surface area contributed by atoms with E-state index in [2.05, 4.69) is 0 Å². The molecule has 0 saturated heterocycles. The van der Waals surface area contributed by atoms with Gasteiger partial charge in [-0.1, -0.05) is 6.92 Å². The molecule has 0 amide bonds. The molecule has 0 fully saturated rings. The minimum atomic E-state index is -0.236. The molecule has 0 aliphatic heterocycles. The third-order valence-corrected chi connectivity index (χ3v) is 3.21. The maximum absolute atomic E-state index is 13.8. The number of benzene rings is 1. The monoisotopic (exact) mass is 221 g/mol. The van der Waals surface area contributed by atoms with E-state index in [1.165, 1.54) is 0 Å². The van der Waals surface area contributed by atoms with Crippen molar-refractivity contribution in [1.82, 2.24) is 4.57 Å². The number of halogens is 1. The van der Waals surface area contributed by atoms with Crippen LogP contribution in [0.1, 0.15) is 24.1 Å². The van der Waals surface area contributed by atoms with Crippen molar-refractivity contribution in [3.63, 3.8) is 0 Å². The summed E-state index contributed by atoms with van der Waals surface area (Å²) in [7, 11) is 1.96. The molecule has 1 atom stereocenters. The van der Waals surface area contributed by atoms with Crippen molar-refractivity contribution in [3.8, 4) is 0 Å². The van der Waals surface area contributed by atoms with Gasteiger partial charge in [0.2, 0.25) is 0 Å². The quantitative estimate of drug-likeness (QED) is 0.828. The molecule has 2 aromatic rings. The number of aliphatic hydroxyl groups excluding tert-OH is 1. The minimum absolute atomic E-state index is 0.0359. The van der Waals surface area contributed by atoms with Gasteiger partial charge in [0.1, 0.15) is 5.82 Å². The highest BCUT2D eigenvalue weighted by Crippen LogP contribution is 2.26. The largest absolute Gasteiger partial charge is 0.396 e. The summed E-state index contributed by atoms with van der Waals surface area (Å²) >= 11 is 0. The lowest BCUT2D eigenvalue weighted by Gasteiger charge is -2.10. The molecular formula is C13H16FNO. The predicted molar refractivity (Wildman–Crippen MR) is 63.1 cm³/mol. The molecule has 1 N–H and O–H groups in total. The molecule has 0 spiro atoms. The van der Waals surface area contributed by atoms with Crippen molar-refractivity contribution in [2.75, 3.05) is 6.61 Å². The first kappa shape index (κ1) is 11.1. The van der Waals surface area contributed by atoms with Gasteiger partial charge in [-0.15, -0.1) is 0 Å². The van der Waals surface area contributed by atoms with Gasteiger partial charge in [-0.3, -0.25) is 0 Å². The number of fused-ring (bicyclic) bond motifs is 1. The van der Waals surface area contributed by atoms with E-state index >= 15 is 0 Å². The predicted octanol–water partition coefficient (Wildman–Crippen LogP) is 2.72. The number of hydrogen-bond donors (Lipinski definition) is 1. The maximum Gasteiger partial charge on any atom is 0.127 e. The number of aliphatic hydroxyl groups is 1. The van der Waals surface area contributed by atoms with Gasteiger partial charge < -0.3 is 9.67 Å². The normalized spacial score (nSPS) is 13.3. The third-order valence-electron chi connectivity index (χ3n) is 3.21. The first-order valence-electron chi connectivity index (χ1n) is 5.41. The molecular weight excluding hydrogens is 205 g/mol. The fourth-order valence-corrected chi connectivity index (χ4v) is 1.99. The number of hydrogen-bond acceptors (Lipinski definition) is 1. The first-order chi connectivity index (χ1) is 7.54. The van der Waals surface area contributed by atoms with Gasteiger partial charge in [0.25, 0.3) is 0 Å². The summed E-state index contributed by atoms with van der Waals surface area (Å²) in [4.78, 5) is 0. The van der Waals surface area contributed by atoms with Crippen LogP contribution in [0.3, 0.4) is 0 Å². The molecule has 0 radical (unpaired) electrons. The standard InChI is InChI=1S/C13H16FNO/c1-8(7-16)11-6-13-10(5-12(11)14)4-9(2)15(13)3/h4-6,8,16H,7H2,1-3H3. The fraction of sp³-hybridized carbons (Fsp3) is 0.385. The van der Waals surface area contributed by atoms with E-state index in [-0.39, 0.29) is 18.3 Å². The van der Waals surface area contributed by atoms with Crippen molar-refractivity contribution >= 4 is 10.9 Å². The highest BCUT2D eigenvalue weighted by Gasteiger charge is 2.13. The van der Waals surface area contributed by atoms with E-state index in [4.69, 9.17) is 5.11 Å². The van der Waals surface area contributed by atoms with Crippen molar-refractivity contribution in [2.45, 2.75) is 19.8 Å². The average Bonchev–Trinajstić information content (AvgIpc) is 2.52. The van der Waals surface area contributed by atoms with E-state index in [1.807, 2.05) is 37.6 Å². The molecule has 1 unspecified atom stereocenters. The minimum Gasteiger partial charge on any atom is -0.396 e. The summed E-state index contributed by atoms with van der Waals surface area (Å²) < 4.78 is 15.8. The Morgan fingerprint density at radius 2 is 2.06 bits per heavy atom. The zero-order chi connectivity index (χ0) is 11.9. The Balaban J connectivity index is 2.69. The van der Waals surface area contributed by atoms with Crippen LogP contribution < -0.4 is 0 Å². The van der Waals surface area contributed by atoms with Crippen LogP contribution in [0.2, 0.25) is 0 Å². The van der Waals surface area contributed by atoms with Gasteiger partial charge in [-0.25, -0.2) is 4.39 Å². The Kier molecular flexibility index (Phi) is 2.72. The lowest BCUT2D eigenvalue weighted by atomic mass is 10.0. The van der Waals surface area contributed by atoms with Gasteiger partial charge in [0.15, 0.2) is 0 Å². The molecule has 0 aliphatic rings. The molecule has 2 nitrogen and oxygen atoms in total. The molecule has 3 heteroatoms. The maximum atomic E-state index is 13.8. The highest BCUT2D eigenvalue weighted by atomic mass is 19.1. The molecule has 0 saturated carbocycles. The van der Waals surface area contributed by atoms with E-state index in [1.54, 1.807) is 6.07 Å². The zero-order valence-electron chi connectivity index (χ0n) is 9.79. The molecule has 1 aromatic carbocycles. The third kappa shape index (κ3) is 1.61. The number of aryl methyl sites for hydroxylation is 2. The second kappa shape index (κ2) is 3.91. The van der Waals surface area contributed by atoms with Gasteiger partial charge in [-0.2, -0.15) is 0 Å². The van der Waals surface area contributed by atoms with Crippen molar-refractivity contribution in [1.29, 1.82) is 0 Å². The van der Waals surface area contributed by atoms with E-state index in [0.717, 1.165) is 16.6 Å². The Hall–Kier alpha value is -1.35. The van der Waals surface area contributed by atoms with Crippen LogP contribution in [0.25, 0.3) is 10.9 Å². The molecule has 86 valence electrons. The van der Waals surface area contributed by atoms with E-state index < -0.39 is 0 Å². The first-order valence-corrected chi connectivity index (χ1v) is 5.41. The number of rotatable bonds is 2. The van der Waals surface area contributed by atoms with Crippen molar-refractivity contribution in [3.05, 3.63) is 35.3 Å². The van der Waals surface area contributed by atoms with Crippen LogP contribution in [-0.4, -0.2) is 16.3 Å². The van der Waals surface area contributed by atoms with Crippen molar-refractivity contribution < 1.29 is 9.50 Å². The SMILES string of the molecule is Cc1cc2cc(F)c(C(C)CO)cc2n1C. The Morgan fingerprint density at radius 3 is 2.69 bits per heavy atom. The summed E-state index contributed by atoms with van der Waals surface area (Å²) in [6, 6.07) is 5.34. The fourth-order valence-electron chi connectivity index (χ4n) is 1.99. The Morgan fingerprint density at radius 1 is 1.38 bits per heavy atom. The molecule has 16 heavy (non-hydrogen) atoms. The van der Waals surface area contributed by atoms with Crippen LogP contribution in [0.5, 0.6) is 0 Å². The Bertz CT molecular complexity index is 530. The highest BCUT2D eigenvalue weighted by molar-refractivity contribution is 5.82. The molecule has 2 rings (SSSR count). The second-order valence-electron chi connectivity index (χ2n) is 4.36. The van der Waals surface area contributed by atoms with Gasteiger partial charge in [0.05, 0.1) is 0 Å². The lowest BCUT2D eigenvalue weighted by Crippen LogP contribution is -2.02. The van der Waals surface area contributed by atoms with E-state index in [0.29, 0.717) is 5.56 Å². The Labute approximate surface area is 94.3 Å². The lowest BCUT2D eigenvalue weighted by molar-refractivity contribution is 0.270. The van der Waals surface area contributed by atoms with Crippen LogP contribution >= 0.6 is 0 Å². The van der Waals surface area contributed by atoms with Crippen LogP contribution in [-0.2, 0) is 7.05 Å². The molecule has 0 aliphatic carbocycles. The van der Waals surface area contributed by atoms with Crippen LogP contribution in [0.15, 0.2) is 18.2 Å². The summed E-state index contributed by atoms with van der Waals surface area (Å²) in [5.41, 5.74) is 2.69. The van der Waals surface area contributed by atoms with Gasteiger partial charge in [0, 0.05) is 36.2 Å². The van der Waals surface area contributed by atoms with Gasteiger partial charge >= 0.3 is 0 Å². The molecule has 0 bridgehead atoms. The van der Waals surface area contributed by atoms with Crippen LogP contribution in [0, 0.1) is 12.7 Å². The van der Waals surface area contributed by atoms with Crippen LogP contribution in [0.4, 0.5) is 4.39 Å². The average molecular weight is 221 g/mol. The van der Waals surface area contributed by atoms with Gasteiger partial charge in [-0.05, 0) is 30.7 Å². The number of nitrogens with zero attached hydrogens (tertiary/aromatic N) is 1. The summed E-state index contributed by atoms with van der Waals surface area (Å²) in [6.07, 6.45) is 0. The zero-order valence-corrected chi connectivity index (χ0v) is 9.79.